The Kier molecular flexibility index (Phi) is 11.9. The number of hydrogen-bond donors (Lipinski definition) is 3. The summed E-state index contributed by atoms with van der Waals surface area (Å²) in [6.45, 7) is 11.9. The van der Waals surface area contributed by atoms with Gasteiger partial charge in [-0.15, -0.1) is 6.58 Å². The van der Waals surface area contributed by atoms with Gasteiger partial charge < -0.3 is 15.3 Å². The fraction of sp³-hybridized carbons (Fsp3) is 0.786. The molecule has 1 fully saturated rings. The zero-order chi connectivity index (χ0) is 14.7. The van der Waals surface area contributed by atoms with Gasteiger partial charge in [-0.2, -0.15) is 0 Å². The van der Waals surface area contributed by atoms with Crippen molar-refractivity contribution in [2.75, 3.05) is 0 Å². The van der Waals surface area contributed by atoms with Gasteiger partial charge in [-0.25, -0.2) is 4.79 Å². The summed E-state index contributed by atoms with van der Waals surface area (Å²) < 4.78 is 0. The lowest BCUT2D eigenvalue weighted by atomic mass is 9.75. The molecular formula is C14H28O4. The van der Waals surface area contributed by atoms with Gasteiger partial charge in [-0.05, 0) is 37.5 Å². The number of carboxylic acid groups (broad SMARTS) is 2. The molecule has 1 aliphatic rings. The molecule has 0 saturated heterocycles. The summed E-state index contributed by atoms with van der Waals surface area (Å²) in [5, 5.41) is 23.7. The van der Waals surface area contributed by atoms with Gasteiger partial charge in [0.15, 0.2) is 0 Å². The molecule has 0 spiro atoms. The molecule has 0 aromatic carbocycles. The van der Waals surface area contributed by atoms with Crippen LogP contribution in [0.15, 0.2) is 12.7 Å². The first-order valence-corrected chi connectivity index (χ1v) is 6.43. The van der Waals surface area contributed by atoms with E-state index in [1.807, 2.05) is 6.92 Å². The second kappa shape index (κ2) is 11.1. The average molecular weight is 260 g/mol. The first-order chi connectivity index (χ1) is 8.26. The summed E-state index contributed by atoms with van der Waals surface area (Å²) >= 11 is 0. The van der Waals surface area contributed by atoms with E-state index in [4.69, 9.17) is 15.0 Å². The fourth-order valence-electron chi connectivity index (χ4n) is 2.15. The molecule has 4 nitrogen and oxygen atoms in total. The summed E-state index contributed by atoms with van der Waals surface area (Å²) in [6, 6.07) is 0. The van der Waals surface area contributed by atoms with Crippen LogP contribution >= 0.6 is 0 Å². The Morgan fingerprint density at radius 2 is 1.72 bits per heavy atom. The third kappa shape index (κ3) is 11.5. The van der Waals surface area contributed by atoms with Crippen LogP contribution in [-0.4, -0.2) is 27.6 Å². The Morgan fingerprint density at radius 3 is 2.00 bits per heavy atom. The van der Waals surface area contributed by atoms with Crippen molar-refractivity contribution in [1.29, 1.82) is 0 Å². The van der Waals surface area contributed by atoms with Gasteiger partial charge in [0.05, 0.1) is 6.10 Å². The zero-order valence-corrected chi connectivity index (χ0v) is 12.0. The van der Waals surface area contributed by atoms with Gasteiger partial charge in [0.1, 0.15) is 0 Å². The highest BCUT2D eigenvalue weighted by Crippen LogP contribution is 2.33. The van der Waals surface area contributed by atoms with Crippen molar-refractivity contribution < 1.29 is 20.1 Å². The highest BCUT2D eigenvalue weighted by Gasteiger charge is 2.28. The third-order valence-electron chi connectivity index (χ3n) is 2.99. The van der Waals surface area contributed by atoms with E-state index in [9.17, 15) is 5.11 Å². The molecule has 1 rings (SSSR count). The molecule has 0 aromatic heterocycles. The summed E-state index contributed by atoms with van der Waals surface area (Å²) in [4.78, 5) is 8.56. The highest BCUT2D eigenvalue weighted by atomic mass is 16.6. The van der Waals surface area contributed by atoms with Gasteiger partial charge >= 0.3 is 6.16 Å². The Hall–Kier alpha value is -1.03. The first-order valence-electron chi connectivity index (χ1n) is 6.43. The largest absolute Gasteiger partial charge is 0.503 e. The number of aliphatic hydroxyl groups is 1. The number of hydrogen-bond acceptors (Lipinski definition) is 2. The van der Waals surface area contributed by atoms with E-state index in [2.05, 4.69) is 27.4 Å². The summed E-state index contributed by atoms with van der Waals surface area (Å²) in [7, 11) is 0. The van der Waals surface area contributed by atoms with Gasteiger partial charge in [0.2, 0.25) is 0 Å². The predicted molar refractivity (Wildman–Crippen MR) is 73.9 cm³/mol. The van der Waals surface area contributed by atoms with Crippen LogP contribution < -0.4 is 0 Å². The minimum Gasteiger partial charge on any atom is -0.450 e. The monoisotopic (exact) mass is 260 g/mol. The van der Waals surface area contributed by atoms with Crippen LogP contribution in [0.25, 0.3) is 0 Å². The third-order valence-corrected chi connectivity index (χ3v) is 2.99. The molecule has 3 unspecified atom stereocenters. The molecule has 0 amide bonds. The molecule has 0 heterocycles. The van der Waals surface area contributed by atoms with Crippen molar-refractivity contribution in [2.45, 2.75) is 53.1 Å². The van der Waals surface area contributed by atoms with E-state index in [0.29, 0.717) is 11.8 Å². The molecule has 1 aliphatic carbocycles. The lowest BCUT2D eigenvalue weighted by Crippen LogP contribution is -2.31. The van der Waals surface area contributed by atoms with Gasteiger partial charge in [0.25, 0.3) is 0 Å². The van der Waals surface area contributed by atoms with Crippen LogP contribution in [0.3, 0.4) is 0 Å². The standard InChI is InChI=1S/C10H20O.C3H6.CH2O3/c1-7(2)9-5-4-8(3)6-10(9)11;1-3-2;2-1(3)4/h7-11H,4-6H2,1-3H3;3H,1H2,2H3;(H2,2,3,4). The summed E-state index contributed by atoms with van der Waals surface area (Å²) in [5.41, 5.74) is 0. The van der Waals surface area contributed by atoms with Gasteiger partial charge in [-0.1, -0.05) is 33.3 Å². The van der Waals surface area contributed by atoms with Gasteiger partial charge in [-0.3, -0.25) is 0 Å². The van der Waals surface area contributed by atoms with E-state index in [1.165, 1.54) is 12.8 Å². The van der Waals surface area contributed by atoms with Crippen LogP contribution in [0.2, 0.25) is 0 Å². The number of aliphatic hydroxyl groups excluding tert-OH is 1. The van der Waals surface area contributed by atoms with Crippen LogP contribution in [0, 0.1) is 17.8 Å². The van der Waals surface area contributed by atoms with Crippen LogP contribution in [0.1, 0.15) is 47.0 Å². The van der Waals surface area contributed by atoms with Gasteiger partial charge in [0, 0.05) is 0 Å². The Bertz CT molecular complexity index is 222. The van der Waals surface area contributed by atoms with Crippen LogP contribution in [0.5, 0.6) is 0 Å². The Morgan fingerprint density at radius 1 is 1.33 bits per heavy atom. The Labute approximate surface area is 110 Å². The van der Waals surface area contributed by atoms with Crippen molar-refractivity contribution in [2.24, 2.45) is 17.8 Å². The zero-order valence-electron chi connectivity index (χ0n) is 12.0. The van der Waals surface area contributed by atoms with Crippen molar-refractivity contribution >= 4 is 6.16 Å². The quantitative estimate of drug-likeness (QED) is 0.626. The molecule has 0 aromatic rings. The SMILES string of the molecule is C=CC.CC1CCC(C(C)C)C(O)C1.O=C(O)O. The van der Waals surface area contributed by atoms with E-state index < -0.39 is 6.16 Å². The van der Waals surface area contributed by atoms with E-state index in [1.54, 1.807) is 6.08 Å². The maximum atomic E-state index is 9.71. The second-order valence-corrected chi connectivity index (χ2v) is 5.08. The minimum atomic E-state index is -1.83. The second-order valence-electron chi connectivity index (χ2n) is 5.08. The molecule has 4 heteroatoms. The predicted octanol–water partition coefficient (Wildman–Crippen LogP) is 3.85. The molecule has 3 atom stereocenters. The summed E-state index contributed by atoms with van der Waals surface area (Å²) in [5.74, 6) is 1.95. The molecular weight excluding hydrogens is 232 g/mol. The maximum Gasteiger partial charge on any atom is 0.503 e. The minimum absolute atomic E-state index is 0.0289. The maximum absolute atomic E-state index is 9.71. The number of carbonyl (C=O) groups is 1. The smallest absolute Gasteiger partial charge is 0.450 e. The number of rotatable bonds is 1. The molecule has 18 heavy (non-hydrogen) atoms. The lowest BCUT2D eigenvalue weighted by molar-refractivity contribution is 0.0266. The molecule has 108 valence electrons. The first kappa shape index (κ1) is 19.3. The lowest BCUT2D eigenvalue weighted by Gasteiger charge is -2.33. The Balaban J connectivity index is 0. The van der Waals surface area contributed by atoms with Crippen molar-refractivity contribution in [1.82, 2.24) is 0 Å². The van der Waals surface area contributed by atoms with Crippen molar-refractivity contribution in [3.05, 3.63) is 12.7 Å². The molecule has 3 N–H and O–H groups in total. The van der Waals surface area contributed by atoms with Crippen LogP contribution in [0.4, 0.5) is 4.79 Å². The van der Waals surface area contributed by atoms with E-state index >= 15 is 0 Å². The molecule has 0 bridgehead atoms. The number of allylic oxidation sites excluding steroid dienone is 1. The normalized spacial score (nSPS) is 26.2. The summed E-state index contributed by atoms with van der Waals surface area (Å²) in [6.07, 6.45) is 3.43. The average Bonchev–Trinajstić information content (AvgIpc) is 2.16. The molecule has 0 aliphatic heterocycles. The van der Waals surface area contributed by atoms with Crippen LogP contribution in [-0.2, 0) is 0 Å². The highest BCUT2D eigenvalue weighted by molar-refractivity contribution is 5.53. The van der Waals surface area contributed by atoms with E-state index in [0.717, 1.165) is 12.3 Å². The molecule has 0 radical (unpaired) electrons. The van der Waals surface area contributed by atoms with E-state index in [-0.39, 0.29) is 6.10 Å². The fourth-order valence-corrected chi connectivity index (χ4v) is 2.15. The molecule has 1 saturated carbocycles. The van der Waals surface area contributed by atoms with Crippen molar-refractivity contribution in [3.63, 3.8) is 0 Å². The topological polar surface area (TPSA) is 77.8 Å². The van der Waals surface area contributed by atoms with Crippen molar-refractivity contribution in [3.8, 4) is 0 Å².